The molecule has 0 spiro atoms. The summed E-state index contributed by atoms with van der Waals surface area (Å²) in [7, 11) is 0. The highest BCUT2D eigenvalue weighted by Gasteiger charge is 2.53. The third kappa shape index (κ3) is 3.01. The number of hydrogen-bond acceptors (Lipinski definition) is 3. The number of carbonyl (C=O) groups is 2. The molecule has 1 aliphatic rings. The van der Waals surface area contributed by atoms with Crippen molar-refractivity contribution in [3.8, 4) is 0 Å². The molecule has 4 aromatic rings. The Morgan fingerprint density at radius 1 is 1.00 bits per heavy atom. The van der Waals surface area contributed by atoms with E-state index >= 15 is 0 Å². The fourth-order valence-corrected chi connectivity index (χ4v) is 4.66. The van der Waals surface area contributed by atoms with Crippen molar-refractivity contribution in [1.29, 1.82) is 0 Å². The Kier molecular flexibility index (Phi) is 4.82. The molecule has 32 heavy (non-hydrogen) atoms. The van der Waals surface area contributed by atoms with Gasteiger partial charge in [0.05, 0.1) is 6.61 Å². The molecule has 1 unspecified atom stereocenters. The number of nitrogens with one attached hydrogen (secondary N) is 1. The zero-order valence-corrected chi connectivity index (χ0v) is 18.1. The summed E-state index contributed by atoms with van der Waals surface area (Å²) in [5.74, 6) is -0.746. The van der Waals surface area contributed by atoms with E-state index in [1.807, 2.05) is 49.5 Å². The monoisotopic (exact) mass is 424 g/mol. The van der Waals surface area contributed by atoms with E-state index in [4.69, 9.17) is 4.74 Å². The molecule has 5 heteroatoms. The van der Waals surface area contributed by atoms with Crippen LogP contribution < -0.4 is 5.32 Å². The quantitative estimate of drug-likeness (QED) is 0.478. The topological polar surface area (TPSA) is 60.3 Å². The van der Waals surface area contributed by atoms with Crippen molar-refractivity contribution in [1.82, 2.24) is 9.88 Å². The minimum atomic E-state index is -1.39. The summed E-state index contributed by atoms with van der Waals surface area (Å²) in [6.45, 7) is 4.67. The summed E-state index contributed by atoms with van der Waals surface area (Å²) < 4.78 is 7.67. The minimum absolute atomic E-state index is 0.223. The molecule has 160 valence electrons. The number of benzene rings is 3. The van der Waals surface area contributed by atoms with Crippen LogP contribution >= 0.6 is 0 Å². The number of esters is 1. The highest BCUT2D eigenvalue weighted by Crippen LogP contribution is 2.42. The van der Waals surface area contributed by atoms with E-state index in [-0.39, 0.29) is 12.5 Å². The van der Waals surface area contributed by atoms with E-state index in [0.29, 0.717) is 17.7 Å². The van der Waals surface area contributed by atoms with Crippen LogP contribution in [0.2, 0.25) is 0 Å². The standard InChI is InChI=1S/C27H24N2O3/c1-3-32-26(31)27(22-12-8-7-11-20(22)25(30)28-27)23-17-29(16-19-9-5-4-6-10-19)24-14-13-18(2)15-21(23)24/h4-15,17H,3,16H2,1-2H3,(H,28,30). The van der Waals surface area contributed by atoms with Crippen LogP contribution in [0.1, 0.15) is 39.5 Å². The first kappa shape index (κ1) is 20.1. The molecule has 1 aromatic heterocycles. The highest BCUT2D eigenvalue weighted by atomic mass is 16.5. The summed E-state index contributed by atoms with van der Waals surface area (Å²) in [6.07, 6.45) is 1.98. The molecule has 0 radical (unpaired) electrons. The van der Waals surface area contributed by atoms with Gasteiger partial charge in [0.2, 0.25) is 0 Å². The van der Waals surface area contributed by atoms with Crippen LogP contribution in [0.15, 0.2) is 79.0 Å². The molecular formula is C27H24N2O3. The molecule has 0 fully saturated rings. The number of amides is 1. The SMILES string of the molecule is CCOC(=O)C1(c2cn(Cc3ccccc3)c3ccc(C)cc23)NC(=O)c2ccccc21. The van der Waals surface area contributed by atoms with Gasteiger partial charge in [-0.3, -0.25) is 4.79 Å². The van der Waals surface area contributed by atoms with Crippen LogP contribution in [0.4, 0.5) is 0 Å². The summed E-state index contributed by atoms with van der Waals surface area (Å²) in [4.78, 5) is 26.5. The molecule has 0 aliphatic carbocycles. The molecule has 1 N–H and O–H groups in total. The Balaban J connectivity index is 1.79. The molecule has 1 amide bonds. The first-order chi connectivity index (χ1) is 15.5. The van der Waals surface area contributed by atoms with Crippen molar-refractivity contribution >= 4 is 22.8 Å². The van der Waals surface area contributed by atoms with Crippen molar-refractivity contribution in [3.05, 3.63) is 107 Å². The van der Waals surface area contributed by atoms with E-state index in [0.717, 1.165) is 27.6 Å². The number of ether oxygens (including phenoxy) is 1. The van der Waals surface area contributed by atoms with E-state index < -0.39 is 11.5 Å². The van der Waals surface area contributed by atoms with Gasteiger partial charge in [0.15, 0.2) is 5.54 Å². The lowest BCUT2D eigenvalue weighted by molar-refractivity contribution is -0.149. The van der Waals surface area contributed by atoms with Crippen molar-refractivity contribution in [2.75, 3.05) is 6.61 Å². The van der Waals surface area contributed by atoms with E-state index in [1.165, 1.54) is 0 Å². The van der Waals surface area contributed by atoms with Gasteiger partial charge < -0.3 is 14.6 Å². The first-order valence-corrected chi connectivity index (χ1v) is 10.8. The Morgan fingerprint density at radius 2 is 1.75 bits per heavy atom. The molecule has 1 atom stereocenters. The number of rotatable bonds is 5. The third-order valence-electron chi connectivity index (χ3n) is 6.09. The smallest absolute Gasteiger partial charge is 0.341 e. The van der Waals surface area contributed by atoms with Gasteiger partial charge in [-0.25, -0.2) is 4.79 Å². The minimum Gasteiger partial charge on any atom is -0.464 e. The zero-order chi connectivity index (χ0) is 22.3. The molecule has 5 rings (SSSR count). The van der Waals surface area contributed by atoms with Gasteiger partial charge >= 0.3 is 5.97 Å². The Labute approximate surface area is 186 Å². The van der Waals surface area contributed by atoms with Crippen LogP contribution in [0, 0.1) is 6.92 Å². The molecule has 1 aliphatic heterocycles. The van der Waals surface area contributed by atoms with Crippen molar-refractivity contribution in [2.24, 2.45) is 0 Å². The maximum atomic E-state index is 13.5. The number of aryl methyl sites for hydroxylation is 1. The zero-order valence-electron chi connectivity index (χ0n) is 18.1. The number of aromatic nitrogens is 1. The predicted molar refractivity (Wildman–Crippen MR) is 124 cm³/mol. The highest BCUT2D eigenvalue weighted by molar-refractivity contribution is 6.09. The van der Waals surface area contributed by atoms with Gasteiger partial charge in [0.1, 0.15) is 0 Å². The summed E-state index contributed by atoms with van der Waals surface area (Å²) in [5, 5.41) is 3.92. The fourth-order valence-electron chi connectivity index (χ4n) is 4.66. The Hall–Kier alpha value is -3.86. The first-order valence-electron chi connectivity index (χ1n) is 10.8. The van der Waals surface area contributed by atoms with E-state index in [1.54, 1.807) is 13.0 Å². The van der Waals surface area contributed by atoms with Gasteiger partial charge in [0.25, 0.3) is 5.91 Å². The van der Waals surface area contributed by atoms with E-state index in [9.17, 15) is 9.59 Å². The molecule has 2 heterocycles. The second-order valence-electron chi connectivity index (χ2n) is 8.15. The molecule has 5 nitrogen and oxygen atoms in total. The lowest BCUT2D eigenvalue weighted by atomic mass is 9.83. The Bertz CT molecular complexity index is 1340. The molecule has 0 saturated heterocycles. The second-order valence-corrected chi connectivity index (χ2v) is 8.15. The second kappa shape index (κ2) is 7.68. The lowest BCUT2D eigenvalue weighted by Gasteiger charge is -2.28. The van der Waals surface area contributed by atoms with Crippen molar-refractivity contribution in [3.63, 3.8) is 0 Å². The van der Waals surface area contributed by atoms with Crippen LogP contribution in [-0.4, -0.2) is 23.1 Å². The van der Waals surface area contributed by atoms with Crippen LogP contribution in [0.3, 0.4) is 0 Å². The predicted octanol–water partition coefficient (Wildman–Crippen LogP) is 4.55. The van der Waals surface area contributed by atoms with Crippen molar-refractivity contribution < 1.29 is 14.3 Å². The number of hydrogen-bond donors (Lipinski definition) is 1. The largest absolute Gasteiger partial charge is 0.464 e. The number of nitrogens with zero attached hydrogens (tertiary/aromatic N) is 1. The molecular weight excluding hydrogens is 400 g/mol. The van der Waals surface area contributed by atoms with Crippen LogP contribution in [0.25, 0.3) is 10.9 Å². The maximum Gasteiger partial charge on any atom is 0.341 e. The van der Waals surface area contributed by atoms with Gasteiger partial charge in [-0.15, -0.1) is 0 Å². The van der Waals surface area contributed by atoms with Gasteiger partial charge in [-0.05, 0) is 37.6 Å². The fraction of sp³-hybridized carbons (Fsp3) is 0.185. The summed E-state index contributed by atoms with van der Waals surface area (Å²) >= 11 is 0. The lowest BCUT2D eigenvalue weighted by Crippen LogP contribution is -2.48. The van der Waals surface area contributed by atoms with Crippen LogP contribution in [-0.2, 0) is 21.6 Å². The van der Waals surface area contributed by atoms with Gasteiger partial charge in [0, 0.05) is 40.3 Å². The van der Waals surface area contributed by atoms with Gasteiger partial charge in [-0.2, -0.15) is 0 Å². The van der Waals surface area contributed by atoms with Crippen LogP contribution in [0.5, 0.6) is 0 Å². The van der Waals surface area contributed by atoms with E-state index in [2.05, 4.69) is 40.2 Å². The third-order valence-corrected chi connectivity index (χ3v) is 6.09. The average Bonchev–Trinajstić information content (AvgIpc) is 3.30. The molecule has 3 aromatic carbocycles. The molecule has 0 bridgehead atoms. The summed E-state index contributed by atoms with van der Waals surface area (Å²) in [5.41, 5.74) is 3.68. The van der Waals surface area contributed by atoms with Crippen molar-refractivity contribution in [2.45, 2.75) is 25.9 Å². The van der Waals surface area contributed by atoms with Gasteiger partial charge in [-0.1, -0.05) is 60.2 Å². The summed E-state index contributed by atoms with van der Waals surface area (Å²) in [6, 6.07) is 23.6. The molecule has 0 saturated carbocycles. The number of carbonyl (C=O) groups excluding carboxylic acids is 2. The normalized spacial score (nSPS) is 17.2. The Morgan fingerprint density at radius 3 is 2.53 bits per heavy atom. The number of fused-ring (bicyclic) bond motifs is 2. The average molecular weight is 425 g/mol. The maximum absolute atomic E-state index is 13.5.